The number of rotatable bonds is 6. The summed E-state index contributed by atoms with van der Waals surface area (Å²) in [5.74, 6) is 0.823. The molecule has 0 fully saturated rings. The third-order valence-electron chi connectivity index (χ3n) is 3.23. The van der Waals surface area contributed by atoms with Crippen LogP contribution in [0.25, 0.3) is 10.8 Å². The Bertz CT molecular complexity index is 780. The molecule has 0 aromatic carbocycles. The van der Waals surface area contributed by atoms with Crippen LogP contribution in [0.5, 0.6) is 0 Å². The maximum absolute atomic E-state index is 12.2. The van der Waals surface area contributed by atoms with E-state index in [1.807, 2.05) is 29.9 Å². The molecule has 3 aromatic heterocycles. The lowest BCUT2D eigenvalue weighted by Gasteiger charge is -2.16. The van der Waals surface area contributed by atoms with Gasteiger partial charge in [0.25, 0.3) is 11.1 Å². The maximum atomic E-state index is 12.2. The highest BCUT2D eigenvalue weighted by atomic mass is 32.2. The lowest BCUT2D eigenvalue weighted by Crippen LogP contribution is -2.27. The number of hydrogen-bond donors (Lipinski definition) is 0. The first kappa shape index (κ1) is 16.2. The average Bonchev–Trinajstić information content (AvgIpc) is 3.26. The number of nitrogens with zero attached hydrogens (tertiary/aromatic N) is 3. The second-order valence-corrected chi connectivity index (χ2v) is 7.79. The molecule has 0 aliphatic rings. The van der Waals surface area contributed by atoms with Crippen LogP contribution in [0, 0.1) is 6.92 Å². The van der Waals surface area contributed by atoms with Crippen LogP contribution >= 0.6 is 34.4 Å². The first-order chi connectivity index (χ1) is 11.1. The Hall–Kier alpha value is -1.64. The molecule has 3 rings (SSSR count). The van der Waals surface area contributed by atoms with Crippen LogP contribution in [-0.4, -0.2) is 33.8 Å². The van der Waals surface area contributed by atoms with E-state index in [0.717, 1.165) is 4.88 Å². The zero-order valence-electron chi connectivity index (χ0n) is 12.7. The van der Waals surface area contributed by atoms with E-state index < -0.39 is 0 Å². The fourth-order valence-corrected chi connectivity index (χ4v) is 4.18. The van der Waals surface area contributed by atoms with E-state index in [2.05, 4.69) is 23.2 Å². The van der Waals surface area contributed by atoms with Crippen molar-refractivity contribution in [3.8, 4) is 10.8 Å². The second kappa shape index (κ2) is 7.29. The monoisotopic (exact) mass is 365 g/mol. The van der Waals surface area contributed by atoms with Crippen LogP contribution < -0.4 is 0 Å². The Balaban J connectivity index is 1.53. The van der Waals surface area contributed by atoms with Crippen LogP contribution in [0.2, 0.25) is 0 Å². The first-order valence-corrected chi connectivity index (χ1v) is 9.65. The number of carbonyl (C=O) groups is 1. The van der Waals surface area contributed by atoms with Gasteiger partial charge in [0.05, 0.1) is 17.2 Å². The van der Waals surface area contributed by atoms with Gasteiger partial charge < -0.3 is 9.32 Å². The Labute approximate surface area is 146 Å². The van der Waals surface area contributed by atoms with E-state index >= 15 is 0 Å². The fourth-order valence-electron chi connectivity index (χ4n) is 1.87. The van der Waals surface area contributed by atoms with Gasteiger partial charge in [-0.3, -0.25) is 4.79 Å². The highest BCUT2D eigenvalue weighted by Gasteiger charge is 2.15. The van der Waals surface area contributed by atoms with Crippen molar-refractivity contribution >= 4 is 40.3 Å². The Morgan fingerprint density at radius 3 is 2.87 bits per heavy atom. The number of aryl methyl sites for hydroxylation is 1. The Morgan fingerprint density at radius 1 is 1.30 bits per heavy atom. The lowest BCUT2D eigenvalue weighted by atomic mass is 10.3. The van der Waals surface area contributed by atoms with Gasteiger partial charge in [0.1, 0.15) is 0 Å². The molecule has 120 valence electrons. The van der Waals surface area contributed by atoms with Gasteiger partial charge >= 0.3 is 0 Å². The van der Waals surface area contributed by atoms with Crippen molar-refractivity contribution in [2.24, 2.45) is 0 Å². The summed E-state index contributed by atoms with van der Waals surface area (Å²) in [6.45, 7) is 2.69. The number of carbonyl (C=O) groups excluding carboxylic acids is 1. The van der Waals surface area contributed by atoms with Gasteiger partial charge in [-0.1, -0.05) is 17.8 Å². The standard InChI is InChI=1S/C15H15N3O2S3/c1-10-5-7-22-12(10)8-18(2)13(19)9-23-15-17-16-14(20-15)11-4-3-6-21-11/h3-7H,8-9H2,1-2H3. The van der Waals surface area contributed by atoms with E-state index in [0.29, 0.717) is 17.7 Å². The number of aromatic nitrogens is 2. The molecule has 0 bridgehead atoms. The minimum atomic E-state index is 0.0404. The van der Waals surface area contributed by atoms with Crippen molar-refractivity contribution in [1.82, 2.24) is 15.1 Å². The van der Waals surface area contributed by atoms with E-state index in [1.54, 1.807) is 27.6 Å². The highest BCUT2D eigenvalue weighted by Crippen LogP contribution is 2.26. The summed E-state index contributed by atoms with van der Waals surface area (Å²) in [4.78, 5) is 16.1. The van der Waals surface area contributed by atoms with Crippen molar-refractivity contribution in [3.05, 3.63) is 39.4 Å². The molecule has 8 heteroatoms. The summed E-state index contributed by atoms with van der Waals surface area (Å²) in [5, 5.41) is 12.4. The van der Waals surface area contributed by atoms with Crippen LogP contribution in [0.3, 0.4) is 0 Å². The van der Waals surface area contributed by atoms with Crippen LogP contribution in [0.1, 0.15) is 10.4 Å². The first-order valence-electron chi connectivity index (χ1n) is 6.90. The number of hydrogen-bond acceptors (Lipinski definition) is 7. The smallest absolute Gasteiger partial charge is 0.277 e. The maximum Gasteiger partial charge on any atom is 0.277 e. The van der Waals surface area contributed by atoms with Crippen molar-refractivity contribution in [2.45, 2.75) is 18.7 Å². The quantitative estimate of drug-likeness (QED) is 0.620. The van der Waals surface area contributed by atoms with E-state index in [4.69, 9.17) is 4.42 Å². The van der Waals surface area contributed by atoms with Crippen LogP contribution in [0.15, 0.2) is 38.6 Å². The zero-order chi connectivity index (χ0) is 16.2. The van der Waals surface area contributed by atoms with Crippen molar-refractivity contribution in [2.75, 3.05) is 12.8 Å². The van der Waals surface area contributed by atoms with E-state index in [1.165, 1.54) is 22.2 Å². The molecule has 0 saturated carbocycles. The molecule has 0 unspecified atom stereocenters. The summed E-state index contributed by atoms with van der Waals surface area (Å²) in [7, 11) is 1.81. The predicted octanol–water partition coefficient (Wildman–Crippen LogP) is 3.92. The Morgan fingerprint density at radius 2 is 2.17 bits per heavy atom. The molecule has 0 aliphatic heterocycles. The molecule has 0 spiro atoms. The molecule has 0 aliphatic carbocycles. The van der Waals surface area contributed by atoms with Crippen LogP contribution in [-0.2, 0) is 11.3 Å². The van der Waals surface area contributed by atoms with E-state index in [-0.39, 0.29) is 11.7 Å². The molecular weight excluding hydrogens is 350 g/mol. The summed E-state index contributed by atoms with van der Waals surface area (Å²) >= 11 is 4.48. The molecule has 0 radical (unpaired) electrons. The predicted molar refractivity (Wildman–Crippen MR) is 93.9 cm³/mol. The van der Waals surface area contributed by atoms with Gasteiger partial charge in [-0.05, 0) is 35.4 Å². The van der Waals surface area contributed by atoms with Gasteiger partial charge in [0.2, 0.25) is 5.91 Å². The van der Waals surface area contributed by atoms with Gasteiger partial charge in [-0.25, -0.2) is 0 Å². The third kappa shape index (κ3) is 4.01. The average molecular weight is 366 g/mol. The second-order valence-electron chi connectivity index (χ2n) is 4.92. The van der Waals surface area contributed by atoms with Gasteiger partial charge in [0, 0.05) is 11.9 Å². The van der Waals surface area contributed by atoms with Gasteiger partial charge in [-0.2, -0.15) is 0 Å². The van der Waals surface area contributed by atoms with Crippen LogP contribution in [0.4, 0.5) is 0 Å². The summed E-state index contributed by atoms with van der Waals surface area (Å²) in [6.07, 6.45) is 0. The molecular formula is C15H15N3O2S3. The van der Waals surface area contributed by atoms with Gasteiger partial charge in [-0.15, -0.1) is 32.9 Å². The fraction of sp³-hybridized carbons (Fsp3) is 0.267. The summed E-state index contributed by atoms with van der Waals surface area (Å²) in [5.41, 5.74) is 1.22. The number of amides is 1. The van der Waals surface area contributed by atoms with Crippen molar-refractivity contribution in [1.29, 1.82) is 0 Å². The topological polar surface area (TPSA) is 59.2 Å². The number of thioether (sulfide) groups is 1. The molecule has 0 saturated heterocycles. The molecule has 0 N–H and O–H groups in total. The minimum absolute atomic E-state index is 0.0404. The molecule has 3 aromatic rings. The summed E-state index contributed by atoms with van der Waals surface area (Å²) < 4.78 is 5.57. The SMILES string of the molecule is Cc1ccsc1CN(C)C(=O)CSc1nnc(-c2cccs2)o1. The van der Waals surface area contributed by atoms with Crippen molar-refractivity contribution < 1.29 is 9.21 Å². The van der Waals surface area contributed by atoms with Gasteiger partial charge in [0.15, 0.2) is 0 Å². The number of thiophene rings is 2. The largest absolute Gasteiger partial charge is 0.410 e. The molecule has 3 heterocycles. The Kier molecular flexibility index (Phi) is 5.14. The molecule has 5 nitrogen and oxygen atoms in total. The normalized spacial score (nSPS) is 10.9. The minimum Gasteiger partial charge on any atom is -0.410 e. The summed E-state index contributed by atoms with van der Waals surface area (Å²) in [6, 6.07) is 5.93. The third-order valence-corrected chi connectivity index (χ3v) is 5.90. The molecule has 23 heavy (non-hydrogen) atoms. The lowest BCUT2D eigenvalue weighted by molar-refractivity contribution is -0.127. The van der Waals surface area contributed by atoms with E-state index in [9.17, 15) is 4.79 Å². The molecule has 1 amide bonds. The molecule has 0 atom stereocenters. The zero-order valence-corrected chi connectivity index (χ0v) is 15.1. The highest BCUT2D eigenvalue weighted by molar-refractivity contribution is 7.99. The van der Waals surface area contributed by atoms with Crippen molar-refractivity contribution in [3.63, 3.8) is 0 Å².